The van der Waals surface area contributed by atoms with Crippen LogP contribution in [-0.4, -0.2) is 86.9 Å². The summed E-state index contributed by atoms with van der Waals surface area (Å²) in [5.41, 5.74) is 4.88. The van der Waals surface area contributed by atoms with Gasteiger partial charge in [0, 0.05) is 45.1 Å². The van der Waals surface area contributed by atoms with E-state index in [0.717, 1.165) is 25.9 Å². The van der Waals surface area contributed by atoms with Gasteiger partial charge in [0.25, 0.3) is 0 Å². The van der Waals surface area contributed by atoms with Gasteiger partial charge >= 0.3 is 12.2 Å². The lowest BCUT2D eigenvalue weighted by Gasteiger charge is -2.32. The quantitative estimate of drug-likeness (QED) is 0.477. The van der Waals surface area contributed by atoms with E-state index in [1.807, 2.05) is 41.5 Å². The predicted molar refractivity (Wildman–Crippen MR) is 143 cm³/mol. The van der Waals surface area contributed by atoms with Gasteiger partial charge < -0.3 is 31.2 Å². The summed E-state index contributed by atoms with van der Waals surface area (Å²) in [6.07, 6.45) is 2.13. The molecule has 0 aromatic heterocycles. The summed E-state index contributed by atoms with van der Waals surface area (Å²) in [4.78, 5) is 37.4. The second-order valence-electron chi connectivity index (χ2n) is 9.31. The highest BCUT2D eigenvalue weighted by Gasteiger charge is 2.26. The number of piperidine rings is 2. The summed E-state index contributed by atoms with van der Waals surface area (Å²) in [5, 5.41) is 0. The van der Waals surface area contributed by atoms with Crippen molar-refractivity contribution in [2.24, 2.45) is 5.73 Å². The van der Waals surface area contributed by atoms with Crippen molar-refractivity contribution in [1.82, 2.24) is 16.0 Å². The second kappa shape index (κ2) is 19.8. The van der Waals surface area contributed by atoms with Gasteiger partial charge in [0.1, 0.15) is 17.0 Å². The number of ether oxygens (including phenoxy) is 2. The summed E-state index contributed by atoms with van der Waals surface area (Å²) < 4.78 is 10.4. The Kier molecular flexibility index (Phi) is 23.2. The number of nitrogens with zero attached hydrogens (tertiary/aromatic N) is 2. The van der Waals surface area contributed by atoms with Gasteiger partial charge in [-0.15, -0.1) is 12.4 Å². The molecule has 4 radical (unpaired) electrons. The molecule has 0 aromatic carbocycles. The van der Waals surface area contributed by atoms with Crippen LogP contribution >= 0.6 is 12.4 Å². The Balaban J connectivity index is -0.000000219. The van der Waals surface area contributed by atoms with E-state index in [4.69, 9.17) is 15.2 Å². The minimum Gasteiger partial charge on any atom is -0.444 e. The third-order valence-corrected chi connectivity index (χ3v) is 4.16. The minimum absolute atomic E-state index is 0. The predicted octanol–water partition coefficient (Wildman–Crippen LogP) is 3.92. The fourth-order valence-corrected chi connectivity index (χ4v) is 2.67. The molecule has 0 bridgehead atoms. The number of ketones is 1. The molecule has 2 amide bonds. The molecule has 0 saturated carbocycles. The van der Waals surface area contributed by atoms with Crippen molar-refractivity contribution in [2.45, 2.75) is 98.1 Å². The maximum Gasteiger partial charge on any atom is 0.410 e. The minimum atomic E-state index is -0.460. The van der Waals surface area contributed by atoms with Gasteiger partial charge in [-0.05, 0) is 54.4 Å². The molecule has 5 N–H and O–H groups in total. The van der Waals surface area contributed by atoms with Gasteiger partial charge in [-0.1, -0.05) is 13.6 Å². The fourth-order valence-electron chi connectivity index (χ4n) is 2.67. The second-order valence-corrected chi connectivity index (χ2v) is 9.31. The molecule has 2 fully saturated rings. The number of Topliss-reactive ketones (excluding diaryl/α,β-unsaturated/α-hetero) is 1. The van der Waals surface area contributed by atoms with Crippen LogP contribution in [0, 0.1) is 0 Å². The maximum atomic E-state index is 11.6. The highest BCUT2D eigenvalue weighted by molar-refractivity contribution is 6.05. The highest BCUT2D eigenvalue weighted by Crippen LogP contribution is 2.15. The first-order valence-corrected chi connectivity index (χ1v) is 11.2. The zero-order valence-electron chi connectivity index (χ0n) is 22.5. The Hall–Kier alpha value is -1.45. The number of hydrogen-bond donors (Lipinski definition) is 2. The van der Waals surface area contributed by atoms with Crippen molar-refractivity contribution in [3.05, 3.63) is 0 Å². The van der Waals surface area contributed by atoms with Crippen molar-refractivity contribution in [2.75, 3.05) is 26.2 Å². The Bertz CT molecular complexity index is 554. The number of rotatable bonds is 0. The zero-order chi connectivity index (χ0) is 25.5. The van der Waals surface area contributed by atoms with Crippen LogP contribution in [0.4, 0.5) is 9.59 Å². The van der Waals surface area contributed by atoms with Crippen LogP contribution < -0.4 is 11.9 Å². The van der Waals surface area contributed by atoms with E-state index < -0.39 is 11.2 Å². The third-order valence-electron chi connectivity index (χ3n) is 4.16. The maximum absolute atomic E-state index is 11.6. The van der Waals surface area contributed by atoms with Crippen molar-refractivity contribution < 1.29 is 23.9 Å². The fraction of sp³-hybridized carbons (Fsp3) is 0.864. The molecule has 34 heavy (non-hydrogen) atoms. The van der Waals surface area contributed by atoms with E-state index in [9.17, 15) is 14.4 Å². The molecule has 0 unspecified atom stereocenters. The first-order chi connectivity index (χ1) is 14.8. The summed E-state index contributed by atoms with van der Waals surface area (Å²) in [7, 11) is 9.00. The van der Waals surface area contributed by atoms with E-state index in [-0.39, 0.29) is 42.6 Å². The lowest BCUT2D eigenvalue weighted by molar-refractivity contribution is -0.121. The first-order valence-electron chi connectivity index (χ1n) is 11.2. The number of carbonyl (C=O) groups excluding carboxylic acids is 3. The molecule has 12 heteroatoms. The van der Waals surface area contributed by atoms with E-state index in [0.29, 0.717) is 25.9 Å². The summed E-state index contributed by atoms with van der Waals surface area (Å²) in [5.74, 6) is 0.227. The van der Waals surface area contributed by atoms with Gasteiger partial charge in [0.15, 0.2) is 0 Å². The molecule has 0 atom stereocenters. The molecule has 0 aliphatic carbocycles. The number of likely N-dealkylation sites (tertiary alicyclic amines) is 2. The molecule has 2 aliphatic heterocycles. The van der Waals surface area contributed by atoms with Crippen LogP contribution in [0.1, 0.15) is 67.2 Å². The molecular weight excluding hydrogens is 457 g/mol. The van der Waals surface area contributed by atoms with Crippen LogP contribution in [0.25, 0.3) is 0 Å². The standard InChI is InChI=1S/C10H20N2O2.C10H17NO3.2CH3B.ClH.H3N/c1-10(2,3)14-9(13)12-6-4-8(11)5-7-12;1-10(2,3)14-9(13)11-6-4-8(12)5-7-11;2*1-2;;/h8H,4-7,11H2,1-3H3;4-7H2,1-3H3;2*1H3;1H;1H3. The van der Waals surface area contributed by atoms with Gasteiger partial charge in [-0.25, -0.2) is 9.59 Å². The van der Waals surface area contributed by atoms with E-state index in [1.165, 1.54) is 13.6 Å². The summed E-state index contributed by atoms with van der Waals surface area (Å²) in [6, 6.07) is 0.244. The average Bonchev–Trinajstić information content (AvgIpc) is 2.70. The Morgan fingerprint density at radius 1 is 0.794 bits per heavy atom. The normalized spacial score (nSPS) is 15.9. The molecule has 0 aromatic rings. The van der Waals surface area contributed by atoms with Crippen LogP contribution in [0.2, 0.25) is 13.6 Å². The molecule has 2 saturated heterocycles. The molecular formula is C22H47B2ClN4O5. The van der Waals surface area contributed by atoms with Crippen LogP contribution in [-0.2, 0) is 14.3 Å². The first kappa shape index (κ1) is 39.7. The number of amides is 2. The van der Waals surface area contributed by atoms with Crippen molar-refractivity contribution >= 4 is 46.1 Å². The van der Waals surface area contributed by atoms with E-state index in [1.54, 1.807) is 9.80 Å². The smallest absolute Gasteiger partial charge is 0.410 e. The molecule has 2 heterocycles. The topological polar surface area (TPSA) is 137 Å². The summed E-state index contributed by atoms with van der Waals surface area (Å²) in [6.45, 7) is 16.6. The largest absolute Gasteiger partial charge is 0.444 e. The summed E-state index contributed by atoms with van der Waals surface area (Å²) >= 11 is 0. The highest BCUT2D eigenvalue weighted by atomic mass is 35.5. The van der Waals surface area contributed by atoms with Gasteiger partial charge in [0.05, 0.1) is 15.7 Å². The van der Waals surface area contributed by atoms with Crippen LogP contribution in [0.15, 0.2) is 0 Å². The number of carbonyl (C=O) groups is 3. The van der Waals surface area contributed by atoms with Gasteiger partial charge in [-0.3, -0.25) is 4.79 Å². The number of hydrogen-bond acceptors (Lipinski definition) is 7. The average molecular weight is 505 g/mol. The van der Waals surface area contributed by atoms with E-state index in [2.05, 4.69) is 15.7 Å². The van der Waals surface area contributed by atoms with Gasteiger partial charge in [-0.2, -0.15) is 0 Å². The molecule has 198 valence electrons. The van der Waals surface area contributed by atoms with Crippen molar-refractivity contribution in [3.8, 4) is 0 Å². The van der Waals surface area contributed by atoms with Crippen LogP contribution in [0.5, 0.6) is 0 Å². The monoisotopic (exact) mass is 504 g/mol. The Morgan fingerprint density at radius 2 is 1.09 bits per heavy atom. The van der Waals surface area contributed by atoms with Crippen molar-refractivity contribution in [3.63, 3.8) is 0 Å². The molecule has 2 aliphatic rings. The zero-order valence-corrected chi connectivity index (χ0v) is 23.3. The molecule has 0 spiro atoms. The lowest BCUT2D eigenvalue weighted by Crippen LogP contribution is -2.44. The molecule has 2 rings (SSSR count). The Labute approximate surface area is 216 Å². The molecule has 9 nitrogen and oxygen atoms in total. The van der Waals surface area contributed by atoms with Crippen LogP contribution in [0.3, 0.4) is 0 Å². The van der Waals surface area contributed by atoms with E-state index >= 15 is 0 Å². The third kappa shape index (κ3) is 20.0. The lowest BCUT2D eigenvalue weighted by atomic mass is 10.1. The Morgan fingerprint density at radius 3 is 1.38 bits per heavy atom. The van der Waals surface area contributed by atoms with Gasteiger partial charge in [0.2, 0.25) is 0 Å². The number of halogens is 1. The SMILES string of the molecule is CC(C)(C)OC(=O)N1CCC(=O)CC1.CC(C)(C)OC(=O)N1CCC(N)CC1.Cl.N.[B]C.[B]C. The number of nitrogens with two attached hydrogens (primary N) is 1. The van der Waals surface area contributed by atoms with Crippen molar-refractivity contribution in [1.29, 1.82) is 0 Å².